The van der Waals surface area contributed by atoms with E-state index in [-0.39, 0.29) is 23.4 Å². The number of furan rings is 4. The van der Waals surface area contributed by atoms with Gasteiger partial charge in [-0.3, -0.25) is 0 Å². The van der Waals surface area contributed by atoms with Crippen molar-refractivity contribution in [3.05, 3.63) is 195 Å². The molecule has 20 heteroatoms. The molecule has 2 spiro atoms. The summed E-state index contributed by atoms with van der Waals surface area (Å²) in [5, 5.41) is 4.87. The van der Waals surface area contributed by atoms with Gasteiger partial charge in [0.05, 0.1) is 116 Å². The van der Waals surface area contributed by atoms with Crippen LogP contribution in [0.1, 0.15) is 146 Å². The van der Waals surface area contributed by atoms with Gasteiger partial charge in [-0.1, -0.05) is 22.3 Å². The molecule has 104 heavy (non-hydrogen) atoms. The number of fused-ring (bicyclic) bond motifs is 8. The Hall–Kier alpha value is -9.54. The van der Waals surface area contributed by atoms with Gasteiger partial charge in [-0.05, 0) is 207 Å². The predicted molar refractivity (Wildman–Crippen MR) is 393 cm³/mol. The highest BCUT2D eigenvalue weighted by Crippen LogP contribution is 2.51. The van der Waals surface area contributed by atoms with Gasteiger partial charge in [0.15, 0.2) is 0 Å². The van der Waals surface area contributed by atoms with Gasteiger partial charge in [0.1, 0.15) is 94.4 Å². The summed E-state index contributed by atoms with van der Waals surface area (Å²) in [6.07, 6.45) is 27.3. The number of ether oxygens (including phenoxy) is 12. The predicted octanol–water partition coefficient (Wildman–Crippen LogP) is 19.2. The maximum absolute atomic E-state index is 11.8. The molecule has 0 bridgehead atoms. The lowest BCUT2D eigenvalue weighted by molar-refractivity contribution is -0.272. The minimum absolute atomic E-state index is 0.00205. The van der Waals surface area contributed by atoms with Crippen LogP contribution in [0.4, 0.5) is 0 Å². The van der Waals surface area contributed by atoms with Crippen molar-refractivity contribution in [3.8, 4) is 28.7 Å². The first-order valence-electron chi connectivity index (χ1n) is 35.8. The summed E-state index contributed by atoms with van der Waals surface area (Å²) in [5.74, 6) is 0.833. The average molecular weight is 1420 g/mol. The Labute approximate surface area is 601 Å². The molecule has 0 amide bonds. The zero-order valence-corrected chi connectivity index (χ0v) is 60.8. The highest BCUT2D eigenvalue weighted by atomic mass is 16.9. The van der Waals surface area contributed by atoms with Crippen LogP contribution >= 0.6 is 0 Å². The molecule has 6 aliphatic heterocycles. The molecule has 0 N–H and O–H groups in total. The molecule has 544 valence electrons. The van der Waals surface area contributed by atoms with Crippen LogP contribution in [0.25, 0.3) is 77.7 Å². The van der Waals surface area contributed by atoms with Crippen LogP contribution in [0, 0.1) is 0 Å². The Morgan fingerprint density at radius 3 is 1.31 bits per heavy atom. The number of allylic oxidation sites excluding steroid dienone is 4. The van der Waals surface area contributed by atoms with Gasteiger partial charge in [-0.25, -0.2) is 9.59 Å². The lowest BCUT2D eigenvalue weighted by Gasteiger charge is -2.32. The molecule has 6 aromatic heterocycles. The van der Waals surface area contributed by atoms with E-state index in [1.165, 1.54) is 23.3 Å². The Bertz CT molecular complexity index is 5240. The van der Waals surface area contributed by atoms with Crippen LogP contribution in [-0.2, 0) is 33.2 Å². The van der Waals surface area contributed by atoms with Gasteiger partial charge >= 0.3 is 23.2 Å². The first kappa shape index (κ1) is 70.1. The van der Waals surface area contributed by atoms with Crippen molar-refractivity contribution in [1.82, 2.24) is 0 Å². The second-order valence-electron chi connectivity index (χ2n) is 30.1. The van der Waals surface area contributed by atoms with Gasteiger partial charge in [0, 0.05) is 47.9 Å². The Kier molecular flexibility index (Phi) is 18.5. The molecule has 6 aliphatic rings. The number of rotatable bonds is 24. The summed E-state index contributed by atoms with van der Waals surface area (Å²) in [6, 6.07) is 22.9. The quantitative estimate of drug-likeness (QED) is 0.0311. The fraction of sp³-hybridized carbons (Fsp3) is 0.405. The van der Waals surface area contributed by atoms with Gasteiger partial charge in [0.25, 0.3) is 0 Å². The van der Waals surface area contributed by atoms with E-state index >= 15 is 0 Å². The summed E-state index contributed by atoms with van der Waals surface area (Å²) >= 11 is 0. The van der Waals surface area contributed by atoms with E-state index in [0.29, 0.717) is 130 Å². The van der Waals surface area contributed by atoms with Gasteiger partial charge in [-0.15, -0.1) is 0 Å². The molecule has 6 unspecified atom stereocenters. The van der Waals surface area contributed by atoms with Crippen LogP contribution in [0.3, 0.4) is 0 Å². The molecule has 20 nitrogen and oxygen atoms in total. The second kappa shape index (κ2) is 27.5. The minimum atomic E-state index is -1.47. The van der Waals surface area contributed by atoms with Crippen molar-refractivity contribution < 1.29 is 83.3 Å². The van der Waals surface area contributed by atoms with Gasteiger partial charge in [-0.2, -0.15) is 0 Å². The highest BCUT2D eigenvalue weighted by Gasteiger charge is 2.57. The Morgan fingerprint density at radius 2 is 0.808 bits per heavy atom. The summed E-state index contributed by atoms with van der Waals surface area (Å²) < 4.78 is 110. The third-order valence-electron chi connectivity index (χ3n) is 20.6. The van der Waals surface area contributed by atoms with Crippen molar-refractivity contribution in [2.45, 2.75) is 193 Å². The van der Waals surface area contributed by atoms with Crippen LogP contribution < -0.4 is 34.9 Å². The molecule has 4 aromatic carbocycles. The third kappa shape index (κ3) is 14.7. The Morgan fingerprint density at radius 1 is 0.413 bits per heavy atom. The molecule has 6 atom stereocenters. The summed E-state index contributed by atoms with van der Waals surface area (Å²) in [5.41, 5.74) is 7.62. The van der Waals surface area contributed by atoms with E-state index in [1.54, 1.807) is 49.3 Å². The van der Waals surface area contributed by atoms with Crippen LogP contribution in [-0.4, -0.2) is 85.2 Å². The zero-order valence-electron chi connectivity index (χ0n) is 60.8. The van der Waals surface area contributed by atoms with E-state index < -0.39 is 34.4 Å². The standard InChI is InChI=1S/2C42H44O10/c1-25(7-10-35-40(3,4)50-35)15-20-47-39-28-13-18-42(49-34(28)24-32-30(39)17-22-45-32)51-36(41(5,6)52-42)11-8-26(2)14-19-46-38-27-9-12-37(43)48-33(27)23-31-29(38)16-21-44-31;1-25(7-10-36-40(3,4)50-36)13-17-46-35-24-42(49-34-22-31-27(15-19-44-31)21-30(34)35)51-37(41(5,6)52-42)11-8-26(2)14-18-47-39-28-9-12-38(43)48-33(28)23-32-29(39)16-20-45-32/h9,12-18,21-24,35-36H,7-8,10-11,19-20H2,1-6H3;9,12-16,19-24,36-37H,7-8,10-11,17-18H2,1-6H3/b25-15+,26-14+;25-13+,26-14+. The fourth-order valence-corrected chi connectivity index (χ4v) is 14.2. The normalized spacial score (nSPS) is 23.5. The number of benzene rings is 4. The van der Waals surface area contributed by atoms with E-state index in [1.807, 2.05) is 101 Å². The molecule has 4 fully saturated rings. The van der Waals surface area contributed by atoms with Crippen LogP contribution in [0.5, 0.6) is 28.7 Å². The first-order valence-corrected chi connectivity index (χ1v) is 35.8. The molecule has 0 aliphatic carbocycles. The fourth-order valence-electron chi connectivity index (χ4n) is 14.2. The molecular formula is C84H88O20. The van der Waals surface area contributed by atoms with Crippen LogP contribution in [0.15, 0.2) is 199 Å². The van der Waals surface area contributed by atoms with Crippen molar-refractivity contribution in [2.75, 3.05) is 26.4 Å². The summed E-state index contributed by atoms with van der Waals surface area (Å²) in [4.78, 5) is 23.6. The lowest BCUT2D eigenvalue weighted by Crippen LogP contribution is -2.40. The van der Waals surface area contributed by atoms with E-state index in [2.05, 4.69) is 67.5 Å². The summed E-state index contributed by atoms with van der Waals surface area (Å²) in [7, 11) is 0. The highest BCUT2D eigenvalue weighted by molar-refractivity contribution is 6.02. The largest absolute Gasteiger partial charge is 0.489 e. The molecular weight excluding hydrogens is 1330 g/mol. The maximum Gasteiger partial charge on any atom is 0.354 e. The topological polar surface area (TPSA) is 230 Å². The molecule has 16 rings (SSSR count). The number of hydrogen-bond acceptors (Lipinski definition) is 20. The smallest absolute Gasteiger partial charge is 0.354 e. The zero-order chi connectivity index (χ0) is 72.5. The monoisotopic (exact) mass is 1420 g/mol. The minimum Gasteiger partial charge on any atom is -0.489 e. The molecule has 4 saturated heterocycles. The molecule has 0 radical (unpaired) electrons. The Balaban J connectivity index is 0.000000167. The van der Waals surface area contributed by atoms with Gasteiger partial charge in [0.2, 0.25) is 0 Å². The SMILES string of the molecule is C/C(=C\COC1=CC2(Oc3cc4occc4cc31)OC(CC/C(C)=C/COc1c3ccoc3cc3oc(=O)ccc13)C(C)(C)O2)CCC1OC1(C)C.C/C(=C\COc1c2c(cc3occc13)OC1(C=C2)OC(CC/C(C)=C/COc2c3ccoc3cc3oc(=O)ccc23)C(C)(C)O1)CCC1OC1(C)C. The van der Waals surface area contributed by atoms with Crippen LogP contribution in [0.2, 0.25) is 0 Å². The van der Waals surface area contributed by atoms with E-state index in [9.17, 15) is 9.59 Å². The van der Waals surface area contributed by atoms with Gasteiger partial charge < -0.3 is 83.3 Å². The number of epoxide rings is 2. The van der Waals surface area contributed by atoms with E-state index in [4.69, 9.17) is 83.3 Å². The van der Waals surface area contributed by atoms with Crippen molar-refractivity contribution in [2.24, 2.45) is 0 Å². The molecule has 12 heterocycles. The second-order valence-corrected chi connectivity index (χ2v) is 30.1. The van der Waals surface area contributed by atoms with E-state index in [0.717, 1.165) is 82.3 Å². The third-order valence-corrected chi connectivity index (χ3v) is 20.6. The molecule has 0 saturated carbocycles. The van der Waals surface area contributed by atoms with Crippen molar-refractivity contribution >= 4 is 77.7 Å². The van der Waals surface area contributed by atoms with Crippen molar-refractivity contribution in [3.63, 3.8) is 0 Å². The summed E-state index contributed by atoms with van der Waals surface area (Å²) in [6.45, 7) is 26.5. The lowest BCUT2D eigenvalue weighted by atomic mass is 9.96. The molecule has 10 aromatic rings. The number of hydrogen-bond donors (Lipinski definition) is 0. The van der Waals surface area contributed by atoms with Crippen molar-refractivity contribution in [1.29, 1.82) is 0 Å². The maximum atomic E-state index is 11.8. The first-order chi connectivity index (χ1) is 49.8. The average Bonchev–Trinajstić information content (AvgIpc) is 1.55.